The van der Waals surface area contributed by atoms with Crippen molar-refractivity contribution < 1.29 is 4.21 Å². The number of nitrogen functional groups attached to an aromatic ring is 1. The fourth-order valence-corrected chi connectivity index (χ4v) is 2.39. The van der Waals surface area contributed by atoms with Gasteiger partial charge in [0.05, 0.1) is 0 Å². The molecule has 0 aromatic carbocycles. The third-order valence-corrected chi connectivity index (χ3v) is 4.01. The normalized spacial score (nSPS) is 13.1. The highest BCUT2D eigenvalue weighted by Gasteiger charge is 2.11. The van der Waals surface area contributed by atoms with Crippen LogP contribution in [-0.2, 0) is 17.3 Å². The highest BCUT2D eigenvalue weighted by molar-refractivity contribution is 7.84. The molecule has 5 nitrogen and oxygen atoms in total. The van der Waals surface area contributed by atoms with E-state index < -0.39 is 10.8 Å². The fourth-order valence-electron chi connectivity index (χ4n) is 1.71. The van der Waals surface area contributed by atoms with E-state index in [4.69, 9.17) is 5.73 Å². The minimum absolute atomic E-state index is 0.440. The van der Waals surface area contributed by atoms with E-state index in [1.807, 2.05) is 24.5 Å². The van der Waals surface area contributed by atoms with Crippen molar-refractivity contribution in [2.75, 3.05) is 17.2 Å². The van der Waals surface area contributed by atoms with Crippen LogP contribution in [-0.4, -0.2) is 30.2 Å². The lowest BCUT2D eigenvalue weighted by Gasteiger charge is -2.04. The molecule has 0 aliphatic carbocycles. The Morgan fingerprint density at radius 2 is 2.29 bits per heavy atom. The molecule has 17 heavy (non-hydrogen) atoms. The molecule has 2 aromatic heterocycles. The molecule has 0 saturated heterocycles. The molecule has 0 amide bonds. The van der Waals surface area contributed by atoms with Gasteiger partial charge in [-0.3, -0.25) is 8.78 Å². The molecule has 0 fully saturated rings. The van der Waals surface area contributed by atoms with Crippen LogP contribution >= 0.6 is 0 Å². The second-order valence-electron chi connectivity index (χ2n) is 3.85. The van der Waals surface area contributed by atoms with Crippen LogP contribution < -0.4 is 5.73 Å². The van der Waals surface area contributed by atoms with E-state index in [2.05, 4.69) is 9.97 Å². The molecule has 0 spiro atoms. The molecule has 2 rings (SSSR count). The number of fused-ring (bicyclic) bond motifs is 1. The molecule has 0 saturated carbocycles. The standard InChI is InChI=1S/C11H16N4OS/c1-3-17(16)7-6-15-10-9(14-11(15)12)8(2)4-5-13-10/h4-5H,3,6-7H2,1-2H3,(H2,12,14). The molecule has 92 valence electrons. The number of imidazole rings is 1. The van der Waals surface area contributed by atoms with Crippen molar-refractivity contribution in [3.05, 3.63) is 17.8 Å². The predicted molar refractivity (Wildman–Crippen MR) is 70.2 cm³/mol. The summed E-state index contributed by atoms with van der Waals surface area (Å²) in [5, 5.41) is 0. The Kier molecular flexibility index (Phi) is 3.42. The summed E-state index contributed by atoms with van der Waals surface area (Å²) in [5.74, 6) is 1.69. The molecule has 0 aliphatic heterocycles. The van der Waals surface area contributed by atoms with Crippen molar-refractivity contribution in [2.24, 2.45) is 0 Å². The molecular formula is C11H16N4OS. The summed E-state index contributed by atoms with van der Waals surface area (Å²) in [4.78, 5) is 8.58. The summed E-state index contributed by atoms with van der Waals surface area (Å²) in [6.07, 6.45) is 1.74. The van der Waals surface area contributed by atoms with Crippen LogP contribution in [0.4, 0.5) is 5.95 Å². The van der Waals surface area contributed by atoms with Crippen molar-refractivity contribution in [2.45, 2.75) is 20.4 Å². The average Bonchev–Trinajstić information content (AvgIpc) is 2.64. The van der Waals surface area contributed by atoms with Crippen molar-refractivity contribution in [1.29, 1.82) is 0 Å². The van der Waals surface area contributed by atoms with Crippen LogP contribution in [0.25, 0.3) is 11.2 Å². The quantitative estimate of drug-likeness (QED) is 0.884. The molecule has 2 heterocycles. The molecule has 0 aliphatic rings. The van der Waals surface area contributed by atoms with Gasteiger partial charge >= 0.3 is 0 Å². The first kappa shape index (κ1) is 12.0. The third-order valence-electron chi connectivity index (χ3n) is 2.73. The van der Waals surface area contributed by atoms with Gasteiger partial charge in [0.2, 0.25) is 5.95 Å². The van der Waals surface area contributed by atoms with Gasteiger partial charge in [-0.1, -0.05) is 6.92 Å². The number of anilines is 1. The van der Waals surface area contributed by atoms with E-state index in [0.29, 0.717) is 24.0 Å². The molecular weight excluding hydrogens is 236 g/mol. The fraction of sp³-hybridized carbons (Fsp3) is 0.455. The van der Waals surface area contributed by atoms with Gasteiger partial charge < -0.3 is 5.73 Å². The zero-order valence-corrected chi connectivity index (χ0v) is 10.8. The summed E-state index contributed by atoms with van der Waals surface area (Å²) < 4.78 is 13.3. The zero-order chi connectivity index (χ0) is 12.4. The van der Waals surface area contributed by atoms with Crippen molar-refractivity contribution in [3.8, 4) is 0 Å². The van der Waals surface area contributed by atoms with Crippen molar-refractivity contribution in [1.82, 2.24) is 14.5 Å². The molecule has 1 unspecified atom stereocenters. The monoisotopic (exact) mass is 252 g/mol. The van der Waals surface area contributed by atoms with E-state index in [-0.39, 0.29) is 0 Å². The SMILES string of the molecule is CCS(=O)CCn1c(N)nc2c(C)ccnc21. The number of hydrogen-bond donors (Lipinski definition) is 1. The van der Waals surface area contributed by atoms with Crippen LogP contribution in [0.1, 0.15) is 12.5 Å². The van der Waals surface area contributed by atoms with Crippen LogP contribution in [0.2, 0.25) is 0 Å². The van der Waals surface area contributed by atoms with Gasteiger partial charge in [-0.2, -0.15) is 0 Å². The molecule has 2 N–H and O–H groups in total. The average molecular weight is 252 g/mol. The number of aromatic nitrogens is 3. The minimum atomic E-state index is -0.800. The van der Waals surface area contributed by atoms with Crippen molar-refractivity contribution in [3.63, 3.8) is 0 Å². The number of pyridine rings is 1. The first-order valence-electron chi connectivity index (χ1n) is 5.55. The van der Waals surface area contributed by atoms with Gasteiger partial charge in [-0.25, -0.2) is 9.97 Å². The topological polar surface area (TPSA) is 73.8 Å². The van der Waals surface area contributed by atoms with Crippen LogP contribution in [0, 0.1) is 6.92 Å². The number of rotatable bonds is 4. The van der Waals surface area contributed by atoms with Crippen molar-refractivity contribution >= 4 is 27.9 Å². The largest absolute Gasteiger partial charge is 0.369 e. The van der Waals surface area contributed by atoms with Gasteiger partial charge in [0, 0.05) is 35.0 Å². The summed E-state index contributed by atoms with van der Waals surface area (Å²) in [6, 6.07) is 1.91. The van der Waals surface area contributed by atoms with E-state index in [9.17, 15) is 4.21 Å². The Bertz CT molecular complexity index is 564. The Balaban J connectivity index is 2.37. The van der Waals surface area contributed by atoms with E-state index in [1.165, 1.54) is 0 Å². The Morgan fingerprint density at radius 3 is 3.00 bits per heavy atom. The van der Waals surface area contributed by atoms with Gasteiger partial charge in [0.15, 0.2) is 5.65 Å². The summed E-state index contributed by atoms with van der Waals surface area (Å²) in [7, 11) is -0.800. The first-order chi connectivity index (χ1) is 8.13. The molecule has 0 radical (unpaired) electrons. The smallest absolute Gasteiger partial charge is 0.202 e. The predicted octanol–water partition coefficient (Wildman–Crippen LogP) is 1.09. The second-order valence-corrected chi connectivity index (χ2v) is 5.72. The molecule has 2 aromatic rings. The molecule has 0 bridgehead atoms. The van der Waals surface area contributed by atoms with Gasteiger partial charge in [0.25, 0.3) is 0 Å². The number of aryl methyl sites for hydroxylation is 2. The second kappa shape index (κ2) is 4.83. The minimum Gasteiger partial charge on any atom is -0.369 e. The maximum absolute atomic E-state index is 11.4. The first-order valence-corrected chi connectivity index (χ1v) is 7.04. The number of nitrogens with two attached hydrogens (primary N) is 1. The van der Waals surface area contributed by atoms with E-state index >= 15 is 0 Å². The Labute approximate surface area is 103 Å². The van der Waals surface area contributed by atoms with Crippen LogP contribution in [0.15, 0.2) is 12.3 Å². The molecule has 6 heteroatoms. The van der Waals surface area contributed by atoms with Crippen LogP contribution in [0.3, 0.4) is 0 Å². The molecule has 1 atom stereocenters. The van der Waals surface area contributed by atoms with Gasteiger partial charge in [-0.05, 0) is 18.6 Å². The third kappa shape index (κ3) is 2.31. The highest BCUT2D eigenvalue weighted by Crippen LogP contribution is 2.18. The summed E-state index contributed by atoms with van der Waals surface area (Å²) in [5.41, 5.74) is 8.52. The number of hydrogen-bond acceptors (Lipinski definition) is 4. The van der Waals surface area contributed by atoms with Gasteiger partial charge in [-0.15, -0.1) is 0 Å². The number of nitrogens with zero attached hydrogens (tertiary/aromatic N) is 3. The maximum Gasteiger partial charge on any atom is 0.202 e. The van der Waals surface area contributed by atoms with Crippen LogP contribution in [0.5, 0.6) is 0 Å². The Morgan fingerprint density at radius 1 is 1.53 bits per heavy atom. The van der Waals surface area contributed by atoms with E-state index in [1.54, 1.807) is 6.20 Å². The zero-order valence-electron chi connectivity index (χ0n) is 10.0. The lowest BCUT2D eigenvalue weighted by atomic mass is 10.3. The van der Waals surface area contributed by atoms with Gasteiger partial charge in [0.1, 0.15) is 5.52 Å². The summed E-state index contributed by atoms with van der Waals surface area (Å²) in [6.45, 7) is 4.48. The Hall–Kier alpha value is -1.43. The maximum atomic E-state index is 11.4. The summed E-state index contributed by atoms with van der Waals surface area (Å²) >= 11 is 0. The lowest BCUT2D eigenvalue weighted by Crippen LogP contribution is -2.11. The lowest BCUT2D eigenvalue weighted by molar-refractivity contribution is 0.676. The van der Waals surface area contributed by atoms with E-state index in [0.717, 1.165) is 16.7 Å². The highest BCUT2D eigenvalue weighted by atomic mass is 32.2.